The predicted octanol–water partition coefficient (Wildman–Crippen LogP) is 4.03. The molecular weight excluding hydrogens is 439 g/mol. The summed E-state index contributed by atoms with van der Waals surface area (Å²) in [5.74, 6) is 1.34. The first-order valence-corrected chi connectivity index (χ1v) is 9.41. The average Bonchev–Trinajstić information content (AvgIpc) is 3.16. The van der Waals surface area contributed by atoms with Crippen LogP contribution in [0, 0.1) is 6.92 Å². The van der Waals surface area contributed by atoms with Crippen LogP contribution in [0.1, 0.15) is 35.3 Å². The van der Waals surface area contributed by atoms with E-state index in [-0.39, 0.29) is 24.0 Å². The van der Waals surface area contributed by atoms with E-state index < -0.39 is 0 Å². The maximum Gasteiger partial charge on any atom is 0.191 e. The molecule has 0 saturated carbocycles. The highest BCUT2D eigenvalue weighted by Gasteiger charge is 2.06. The Kier molecular flexibility index (Phi) is 9.73. The molecular formula is C16H25IN4S2. The Morgan fingerprint density at radius 3 is 2.78 bits per heavy atom. The second-order valence-electron chi connectivity index (χ2n) is 5.17. The van der Waals surface area contributed by atoms with Gasteiger partial charge in [0.15, 0.2) is 5.96 Å². The van der Waals surface area contributed by atoms with Crippen LogP contribution in [0.2, 0.25) is 0 Å². The van der Waals surface area contributed by atoms with E-state index in [1.54, 1.807) is 22.7 Å². The molecule has 0 amide bonds. The Balaban J connectivity index is 0.00000264. The monoisotopic (exact) mass is 464 g/mol. The molecule has 7 heteroatoms. The van der Waals surface area contributed by atoms with E-state index in [0.29, 0.717) is 5.92 Å². The molecule has 2 aromatic rings. The second kappa shape index (κ2) is 11.0. The number of hydrogen-bond donors (Lipinski definition) is 2. The maximum atomic E-state index is 4.69. The van der Waals surface area contributed by atoms with Gasteiger partial charge in [0.05, 0.1) is 17.2 Å². The lowest BCUT2D eigenvalue weighted by molar-refractivity contribution is 0.752. The highest BCUT2D eigenvalue weighted by atomic mass is 127. The van der Waals surface area contributed by atoms with E-state index in [1.165, 1.54) is 4.88 Å². The molecule has 0 aliphatic rings. The van der Waals surface area contributed by atoms with Crippen LogP contribution in [0.4, 0.5) is 0 Å². The molecule has 1 atom stereocenters. The zero-order chi connectivity index (χ0) is 15.8. The minimum atomic E-state index is 0. The second-order valence-corrected chi connectivity index (χ2v) is 7.21. The van der Waals surface area contributed by atoms with Gasteiger partial charge in [0, 0.05) is 35.7 Å². The van der Waals surface area contributed by atoms with Crippen LogP contribution in [-0.2, 0) is 6.42 Å². The molecule has 2 heterocycles. The number of aliphatic imine (C=N–C) groups is 1. The third-order valence-corrected chi connectivity index (χ3v) is 5.16. The molecule has 0 aliphatic heterocycles. The zero-order valence-corrected chi connectivity index (χ0v) is 17.8. The van der Waals surface area contributed by atoms with Crippen molar-refractivity contribution in [3.63, 3.8) is 0 Å². The van der Waals surface area contributed by atoms with E-state index in [0.717, 1.165) is 42.7 Å². The Labute approximate surface area is 163 Å². The third kappa shape index (κ3) is 7.17. The summed E-state index contributed by atoms with van der Waals surface area (Å²) in [6.07, 6.45) is 0.926. The fourth-order valence-corrected chi connectivity index (χ4v) is 3.49. The number of hydrogen-bond acceptors (Lipinski definition) is 4. The molecule has 128 valence electrons. The van der Waals surface area contributed by atoms with Gasteiger partial charge in [-0.25, -0.2) is 4.98 Å². The molecule has 23 heavy (non-hydrogen) atoms. The van der Waals surface area contributed by atoms with Crippen molar-refractivity contribution < 1.29 is 0 Å². The van der Waals surface area contributed by atoms with E-state index in [2.05, 4.69) is 57.4 Å². The number of nitrogens with zero attached hydrogens (tertiary/aromatic N) is 2. The first-order chi connectivity index (χ1) is 10.7. The number of thiophene rings is 1. The fraction of sp³-hybridized carbons (Fsp3) is 0.500. The van der Waals surface area contributed by atoms with Crippen molar-refractivity contribution in [1.82, 2.24) is 15.6 Å². The molecule has 2 rings (SSSR count). The number of aromatic nitrogens is 1. The summed E-state index contributed by atoms with van der Waals surface area (Å²) >= 11 is 3.50. The molecule has 0 fully saturated rings. The van der Waals surface area contributed by atoms with Gasteiger partial charge in [0.2, 0.25) is 0 Å². The van der Waals surface area contributed by atoms with Crippen LogP contribution in [0.15, 0.2) is 27.9 Å². The van der Waals surface area contributed by atoms with E-state index in [4.69, 9.17) is 0 Å². The lowest BCUT2D eigenvalue weighted by Crippen LogP contribution is -2.38. The molecule has 0 aliphatic carbocycles. The van der Waals surface area contributed by atoms with Crippen molar-refractivity contribution in [3.05, 3.63) is 38.5 Å². The number of thiazole rings is 1. The molecule has 0 aromatic carbocycles. The van der Waals surface area contributed by atoms with E-state index >= 15 is 0 Å². The van der Waals surface area contributed by atoms with Crippen molar-refractivity contribution in [2.45, 2.75) is 33.1 Å². The van der Waals surface area contributed by atoms with Crippen LogP contribution >= 0.6 is 46.7 Å². The van der Waals surface area contributed by atoms with Crippen LogP contribution in [0.25, 0.3) is 0 Å². The van der Waals surface area contributed by atoms with Crippen molar-refractivity contribution >= 4 is 52.6 Å². The topological polar surface area (TPSA) is 49.3 Å². The molecule has 0 bridgehead atoms. The largest absolute Gasteiger partial charge is 0.357 e. The fourth-order valence-electron chi connectivity index (χ4n) is 2.06. The lowest BCUT2D eigenvalue weighted by Gasteiger charge is -2.12. The van der Waals surface area contributed by atoms with Gasteiger partial charge in [-0.1, -0.05) is 13.0 Å². The zero-order valence-electron chi connectivity index (χ0n) is 13.8. The number of aryl methyl sites for hydroxylation is 1. The van der Waals surface area contributed by atoms with E-state index in [1.807, 2.05) is 6.92 Å². The van der Waals surface area contributed by atoms with Crippen LogP contribution in [-0.4, -0.2) is 30.6 Å². The predicted molar refractivity (Wildman–Crippen MR) is 113 cm³/mol. The minimum absolute atomic E-state index is 0. The number of nitrogens with one attached hydrogen (secondary N) is 2. The molecule has 2 N–H and O–H groups in total. The Hall–Kier alpha value is -0.670. The van der Waals surface area contributed by atoms with Crippen molar-refractivity contribution in [3.8, 4) is 0 Å². The summed E-state index contributed by atoms with van der Waals surface area (Å²) in [7, 11) is 0. The molecule has 0 spiro atoms. The quantitative estimate of drug-likeness (QED) is 0.370. The Morgan fingerprint density at radius 1 is 1.35 bits per heavy atom. The Bertz CT molecular complexity index is 581. The van der Waals surface area contributed by atoms with Gasteiger partial charge >= 0.3 is 0 Å². The Morgan fingerprint density at radius 2 is 2.17 bits per heavy atom. The average molecular weight is 464 g/mol. The molecule has 1 unspecified atom stereocenters. The van der Waals surface area contributed by atoms with Crippen LogP contribution in [0.3, 0.4) is 0 Å². The smallest absolute Gasteiger partial charge is 0.191 e. The summed E-state index contributed by atoms with van der Waals surface area (Å²) in [4.78, 5) is 10.6. The van der Waals surface area contributed by atoms with E-state index in [9.17, 15) is 0 Å². The normalized spacial score (nSPS) is 12.6. The van der Waals surface area contributed by atoms with Gasteiger partial charge in [-0.15, -0.1) is 46.7 Å². The standard InChI is InChI=1S/C16H24N4S2.HI/c1-4-17-16(18-8-7-14-11-22-13(3)20-14)19-10-12(2)15-6-5-9-21-15;/h5-6,9,11-12H,4,7-8,10H2,1-3H3,(H2,17,18,19);1H. The molecule has 2 aromatic heterocycles. The van der Waals surface area contributed by atoms with Gasteiger partial charge in [-0.2, -0.15) is 0 Å². The van der Waals surface area contributed by atoms with Gasteiger partial charge in [-0.05, 0) is 25.3 Å². The minimum Gasteiger partial charge on any atom is -0.357 e. The highest BCUT2D eigenvalue weighted by molar-refractivity contribution is 14.0. The molecule has 0 saturated heterocycles. The maximum absolute atomic E-state index is 4.69. The summed E-state index contributed by atoms with van der Waals surface area (Å²) in [6, 6.07) is 4.27. The number of guanidine groups is 1. The van der Waals surface area contributed by atoms with Crippen molar-refractivity contribution in [2.75, 3.05) is 19.6 Å². The van der Waals surface area contributed by atoms with Gasteiger partial charge in [0.25, 0.3) is 0 Å². The summed E-state index contributed by atoms with van der Waals surface area (Å²) in [5.41, 5.74) is 1.15. The first-order valence-electron chi connectivity index (χ1n) is 7.65. The lowest BCUT2D eigenvalue weighted by atomic mass is 10.1. The van der Waals surface area contributed by atoms with Crippen molar-refractivity contribution in [2.24, 2.45) is 4.99 Å². The summed E-state index contributed by atoms with van der Waals surface area (Å²) in [5, 5.41) is 12.1. The molecule has 0 radical (unpaired) electrons. The first kappa shape index (κ1) is 20.4. The number of rotatable bonds is 7. The van der Waals surface area contributed by atoms with Gasteiger partial charge < -0.3 is 10.6 Å². The number of halogens is 1. The van der Waals surface area contributed by atoms with Crippen LogP contribution < -0.4 is 10.6 Å². The summed E-state index contributed by atoms with van der Waals surface area (Å²) < 4.78 is 0. The van der Waals surface area contributed by atoms with Crippen LogP contribution in [0.5, 0.6) is 0 Å². The highest BCUT2D eigenvalue weighted by Crippen LogP contribution is 2.20. The SMILES string of the molecule is CCNC(=NCC(C)c1cccs1)NCCc1csc(C)n1.I. The van der Waals surface area contributed by atoms with Crippen molar-refractivity contribution in [1.29, 1.82) is 0 Å². The summed E-state index contributed by atoms with van der Waals surface area (Å²) in [6.45, 7) is 8.86. The van der Waals surface area contributed by atoms with Gasteiger partial charge in [-0.3, -0.25) is 4.99 Å². The molecule has 4 nitrogen and oxygen atoms in total. The third-order valence-electron chi connectivity index (χ3n) is 3.24. The van der Waals surface area contributed by atoms with Gasteiger partial charge in [0.1, 0.15) is 0 Å².